The molecule has 1 aliphatic carbocycles. The summed E-state index contributed by atoms with van der Waals surface area (Å²) < 4.78 is 0. The van der Waals surface area contributed by atoms with Crippen LogP contribution in [0.4, 0.5) is 0 Å². The van der Waals surface area contributed by atoms with E-state index in [0.717, 1.165) is 32.2 Å². The van der Waals surface area contributed by atoms with E-state index in [9.17, 15) is 0 Å². The number of thiophene rings is 1. The summed E-state index contributed by atoms with van der Waals surface area (Å²) in [5.74, 6) is 0. The molecule has 1 saturated carbocycles. The van der Waals surface area contributed by atoms with Crippen molar-refractivity contribution in [2.75, 3.05) is 13.1 Å². The molecule has 2 nitrogen and oxygen atoms in total. The predicted octanol–water partition coefficient (Wildman–Crippen LogP) is 3.15. The van der Waals surface area contributed by atoms with Gasteiger partial charge in [0.15, 0.2) is 0 Å². The van der Waals surface area contributed by atoms with Crippen molar-refractivity contribution < 1.29 is 0 Å². The third-order valence-electron chi connectivity index (χ3n) is 3.50. The van der Waals surface area contributed by atoms with Gasteiger partial charge in [-0.05, 0) is 44.5 Å². The molecule has 1 aromatic rings. The second kappa shape index (κ2) is 5.98. The number of nitrogens with one attached hydrogen (secondary N) is 1. The Hall–Kier alpha value is -0.380. The minimum atomic E-state index is 0.809. The van der Waals surface area contributed by atoms with Crippen molar-refractivity contribution in [3.8, 4) is 0 Å². The van der Waals surface area contributed by atoms with Gasteiger partial charge in [-0.1, -0.05) is 13.8 Å². The van der Waals surface area contributed by atoms with Crippen LogP contribution in [0, 0.1) is 6.92 Å². The van der Waals surface area contributed by atoms with Crippen LogP contribution in [0.5, 0.6) is 0 Å². The van der Waals surface area contributed by atoms with Crippen LogP contribution in [0.15, 0.2) is 6.07 Å². The van der Waals surface area contributed by atoms with Gasteiger partial charge < -0.3 is 5.32 Å². The molecule has 0 unspecified atom stereocenters. The highest BCUT2D eigenvalue weighted by Crippen LogP contribution is 2.25. The van der Waals surface area contributed by atoms with E-state index in [1.54, 1.807) is 0 Å². The van der Waals surface area contributed by atoms with E-state index in [-0.39, 0.29) is 0 Å². The highest BCUT2D eigenvalue weighted by molar-refractivity contribution is 7.12. The average Bonchev–Trinajstić information content (AvgIpc) is 3.09. The zero-order chi connectivity index (χ0) is 12.3. The molecule has 1 heterocycles. The third-order valence-corrected chi connectivity index (χ3v) is 4.60. The van der Waals surface area contributed by atoms with Crippen molar-refractivity contribution in [3.05, 3.63) is 21.4 Å². The molecule has 0 spiro atoms. The smallest absolute Gasteiger partial charge is 0.0302 e. The first-order valence-corrected chi connectivity index (χ1v) is 7.58. The van der Waals surface area contributed by atoms with E-state index < -0.39 is 0 Å². The van der Waals surface area contributed by atoms with Gasteiger partial charge in [-0.2, -0.15) is 0 Å². The lowest BCUT2D eigenvalue weighted by Crippen LogP contribution is -2.22. The maximum atomic E-state index is 3.59. The van der Waals surface area contributed by atoms with E-state index in [1.165, 1.54) is 28.2 Å². The normalized spacial score (nSPS) is 15.8. The summed E-state index contributed by atoms with van der Waals surface area (Å²) in [7, 11) is 0. The molecule has 2 rings (SSSR count). The highest BCUT2D eigenvalue weighted by Gasteiger charge is 2.20. The van der Waals surface area contributed by atoms with Gasteiger partial charge in [0.1, 0.15) is 0 Å². The minimum Gasteiger partial charge on any atom is -0.309 e. The van der Waals surface area contributed by atoms with Crippen molar-refractivity contribution in [2.24, 2.45) is 0 Å². The molecule has 0 aromatic carbocycles. The molecule has 17 heavy (non-hydrogen) atoms. The Balaban J connectivity index is 1.91. The van der Waals surface area contributed by atoms with Crippen LogP contribution < -0.4 is 5.32 Å². The summed E-state index contributed by atoms with van der Waals surface area (Å²) in [6.45, 7) is 11.2. The van der Waals surface area contributed by atoms with E-state index in [4.69, 9.17) is 0 Å². The largest absolute Gasteiger partial charge is 0.309 e. The second-order valence-electron chi connectivity index (χ2n) is 4.91. The van der Waals surface area contributed by atoms with Crippen molar-refractivity contribution in [3.63, 3.8) is 0 Å². The first-order valence-electron chi connectivity index (χ1n) is 6.76. The summed E-state index contributed by atoms with van der Waals surface area (Å²) in [6.07, 6.45) is 2.74. The van der Waals surface area contributed by atoms with Crippen LogP contribution in [0.1, 0.15) is 42.0 Å². The highest BCUT2D eigenvalue weighted by atomic mass is 32.1. The summed E-state index contributed by atoms with van der Waals surface area (Å²) in [6, 6.07) is 3.21. The average molecular weight is 252 g/mol. The molecule has 1 aliphatic rings. The van der Waals surface area contributed by atoms with E-state index in [2.05, 4.69) is 37.1 Å². The lowest BCUT2D eigenvalue weighted by Gasteiger charge is -2.17. The number of nitrogens with zero attached hydrogens (tertiary/aromatic N) is 1. The van der Waals surface area contributed by atoms with Crippen molar-refractivity contribution in [1.82, 2.24) is 10.2 Å². The van der Waals surface area contributed by atoms with Gasteiger partial charge in [0.25, 0.3) is 0 Å². The van der Waals surface area contributed by atoms with Gasteiger partial charge in [0, 0.05) is 28.9 Å². The van der Waals surface area contributed by atoms with Gasteiger partial charge in [-0.3, -0.25) is 4.90 Å². The van der Waals surface area contributed by atoms with Gasteiger partial charge in [0.2, 0.25) is 0 Å². The Labute approximate surface area is 109 Å². The second-order valence-corrected chi connectivity index (χ2v) is 6.25. The summed E-state index contributed by atoms with van der Waals surface area (Å²) in [4.78, 5) is 5.47. The first kappa shape index (κ1) is 13.1. The van der Waals surface area contributed by atoms with Crippen LogP contribution in [0.25, 0.3) is 0 Å². The maximum absolute atomic E-state index is 3.59. The van der Waals surface area contributed by atoms with E-state index >= 15 is 0 Å². The van der Waals surface area contributed by atoms with Crippen molar-refractivity contribution >= 4 is 11.3 Å². The lowest BCUT2D eigenvalue weighted by atomic mass is 10.2. The number of aryl methyl sites for hydroxylation is 1. The monoisotopic (exact) mass is 252 g/mol. The van der Waals surface area contributed by atoms with E-state index in [0.29, 0.717) is 0 Å². The predicted molar refractivity (Wildman–Crippen MR) is 75.5 cm³/mol. The van der Waals surface area contributed by atoms with Gasteiger partial charge in [0.05, 0.1) is 0 Å². The van der Waals surface area contributed by atoms with Gasteiger partial charge in [-0.15, -0.1) is 11.3 Å². The topological polar surface area (TPSA) is 15.3 Å². The summed E-state index contributed by atoms with van der Waals surface area (Å²) in [5, 5.41) is 3.59. The first-order chi connectivity index (χ1) is 8.22. The van der Waals surface area contributed by atoms with Gasteiger partial charge in [-0.25, -0.2) is 0 Å². The van der Waals surface area contributed by atoms with Crippen LogP contribution in [-0.4, -0.2) is 24.0 Å². The van der Waals surface area contributed by atoms with Crippen LogP contribution >= 0.6 is 11.3 Å². The Morgan fingerprint density at radius 3 is 2.65 bits per heavy atom. The fourth-order valence-corrected chi connectivity index (χ4v) is 3.06. The molecule has 0 saturated heterocycles. The van der Waals surface area contributed by atoms with Crippen molar-refractivity contribution in [2.45, 2.75) is 52.7 Å². The lowest BCUT2D eigenvalue weighted by molar-refractivity contribution is 0.295. The Kier molecular flexibility index (Phi) is 4.60. The Bertz CT molecular complexity index is 351. The molecule has 0 radical (unpaired) electrons. The summed E-state index contributed by atoms with van der Waals surface area (Å²) >= 11 is 1.96. The summed E-state index contributed by atoms with van der Waals surface area (Å²) in [5.41, 5.74) is 1.52. The number of rotatable bonds is 7. The molecule has 1 fully saturated rings. The Morgan fingerprint density at radius 1 is 1.35 bits per heavy atom. The molecule has 1 N–H and O–H groups in total. The molecular weight excluding hydrogens is 228 g/mol. The number of hydrogen-bond donors (Lipinski definition) is 1. The molecule has 96 valence electrons. The van der Waals surface area contributed by atoms with Gasteiger partial charge >= 0.3 is 0 Å². The maximum Gasteiger partial charge on any atom is 0.0302 e. The minimum absolute atomic E-state index is 0.809. The van der Waals surface area contributed by atoms with Crippen molar-refractivity contribution in [1.29, 1.82) is 0 Å². The standard InChI is InChI=1S/C14H24N2S/c1-4-16(5-2)10-12-8-14(17-11(12)3)9-15-13-6-7-13/h8,13,15H,4-7,9-10H2,1-3H3. The fourth-order valence-electron chi connectivity index (χ4n) is 2.05. The Morgan fingerprint density at radius 2 is 2.06 bits per heavy atom. The van der Waals surface area contributed by atoms with Crippen LogP contribution in [-0.2, 0) is 13.1 Å². The molecule has 0 aliphatic heterocycles. The molecule has 3 heteroatoms. The number of hydrogen-bond acceptors (Lipinski definition) is 3. The fraction of sp³-hybridized carbons (Fsp3) is 0.714. The van der Waals surface area contributed by atoms with Crippen LogP contribution in [0.2, 0.25) is 0 Å². The SMILES string of the molecule is CCN(CC)Cc1cc(CNC2CC2)sc1C. The molecule has 0 bridgehead atoms. The van der Waals surface area contributed by atoms with E-state index in [1.807, 2.05) is 11.3 Å². The van der Waals surface area contributed by atoms with Crippen LogP contribution in [0.3, 0.4) is 0 Å². The molecule has 1 aromatic heterocycles. The molecular formula is C14H24N2S. The quantitative estimate of drug-likeness (QED) is 0.802. The third kappa shape index (κ3) is 3.80. The zero-order valence-corrected chi connectivity index (χ0v) is 12.1. The molecule has 0 atom stereocenters. The zero-order valence-electron chi connectivity index (χ0n) is 11.3. The molecule has 0 amide bonds.